The molecule has 2 heterocycles. The fourth-order valence-electron chi connectivity index (χ4n) is 2.26. The zero-order valence-corrected chi connectivity index (χ0v) is 11.0. The van der Waals surface area contributed by atoms with Crippen molar-refractivity contribution in [2.45, 2.75) is 6.18 Å². The van der Waals surface area contributed by atoms with E-state index in [1.165, 1.54) is 12.3 Å². The van der Waals surface area contributed by atoms with Gasteiger partial charge in [0.25, 0.3) is 5.91 Å². The van der Waals surface area contributed by atoms with Gasteiger partial charge in [-0.25, -0.2) is 4.68 Å². The molecule has 2 aromatic heterocycles. The van der Waals surface area contributed by atoms with E-state index in [1.807, 2.05) is 0 Å². The third kappa shape index (κ3) is 2.18. The highest BCUT2D eigenvalue weighted by Gasteiger charge is 2.40. The van der Waals surface area contributed by atoms with Crippen molar-refractivity contribution < 1.29 is 18.0 Å². The second kappa shape index (κ2) is 4.83. The van der Waals surface area contributed by atoms with E-state index in [2.05, 4.69) is 10.1 Å². The van der Waals surface area contributed by atoms with Crippen molar-refractivity contribution in [1.82, 2.24) is 14.8 Å². The van der Waals surface area contributed by atoms with E-state index in [0.29, 0.717) is 15.6 Å². The summed E-state index contributed by atoms with van der Waals surface area (Å²) < 4.78 is 40.6. The number of amides is 1. The van der Waals surface area contributed by atoms with Gasteiger partial charge in [0.2, 0.25) is 0 Å². The predicted octanol–water partition coefficient (Wildman–Crippen LogP) is 2.54. The summed E-state index contributed by atoms with van der Waals surface area (Å²) in [6.45, 7) is 0. The average Bonchev–Trinajstić information content (AvgIpc) is 2.91. The van der Waals surface area contributed by atoms with Crippen LogP contribution in [-0.2, 0) is 6.18 Å². The monoisotopic (exact) mass is 306 g/mol. The van der Waals surface area contributed by atoms with Crippen molar-refractivity contribution in [3.8, 4) is 5.69 Å². The molecular formula is C14H9F3N4O. The predicted molar refractivity (Wildman–Crippen MR) is 72.4 cm³/mol. The van der Waals surface area contributed by atoms with Gasteiger partial charge in [0.1, 0.15) is 0 Å². The molecule has 3 aromatic rings. The number of nitrogens with zero attached hydrogens (tertiary/aromatic N) is 3. The standard InChI is InChI=1S/C14H9F3N4O/c15-14(16,17)12-9(13(18)22)7-20-21(12)11-5-1-4-10-8(11)3-2-6-19-10/h1-7H,(H2,18,22). The highest BCUT2D eigenvalue weighted by Crippen LogP contribution is 2.34. The highest BCUT2D eigenvalue weighted by atomic mass is 19.4. The Morgan fingerprint density at radius 3 is 2.64 bits per heavy atom. The van der Waals surface area contributed by atoms with Crippen LogP contribution in [0.15, 0.2) is 42.7 Å². The summed E-state index contributed by atoms with van der Waals surface area (Å²) in [4.78, 5) is 15.3. The number of rotatable bonds is 2. The first kappa shape index (κ1) is 14.1. The average molecular weight is 306 g/mol. The van der Waals surface area contributed by atoms with E-state index in [4.69, 9.17) is 5.73 Å². The first-order valence-electron chi connectivity index (χ1n) is 6.18. The number of carbonyl (C=O) groups excluding carboxylic acids is 1. The molecule has 22 heavy (non-hydrogen) atoms. The summed E-state index contributed by atoms with van der Waals surface area (Å²) in [7, 11) is 0. The molecule has 0 saturated carbocycles. The summed E-state index contributed by atoms with van der Waals surface area (Å²) in [5.74, 6) is -1.18. The molecule has 1 aromatic carbocycles. The third-order valence-corrected chi connectivity index (χ3v) is 3.15. The summed E-state index contributed by atoms with van der Waals surface area (Å²) >= 11 is 0. The Hall–Kier alpha value is -2.90. The SMILES string of the molecule is NC(=O)c1cnn(-c2cccc3ncccc23)c1C(F)(F)F. The molecule has 0 unspecified atom stereocenters. The molecule has 0 radical (unpaired) electrons. The second-order valence-electron chi connectivity index (χ2n) is 4.53. The van der Waals surface area contributed by atoms with E-state index >= 15 is 0 Å². The molecule has 0 aliphatic carbocycles. The lowest BCUT2D eigenvalue weighted by molar-refractivity contribution is -0.143. The number of pyridine rings is 1. The minimum absolute atomic E-state index is 0.172. The molecule has 0 atom stereocenters. The van der Waals surface area contributed by atoms with Gasteiger partial charge in [-0.3, -0.25) is 9.78 Å². The van der Waals surface area contributed by atoms with E-state index in [0.717, 1.165) is 6.20 Å². The molecule has 112 valence electrons. The summed E-state index contributed by atoms with van der Waals surface area (Å²) in [5, 5.41) is 4.17. The lowest BCUT2D eigenvalue weighted by Crippen LogP contribution is -2.20. The quantitative estimate of drug-likeness (QED) is 0.790. The Kier molecular flexibility index (Phi) is 3.09. The maximum atomic E-state index is 13.3. The van der Waals surface area contributed by atoms with E-state index in [-0.39, 0.29) is 5.69 Å². The van der Waals surface area contributed by atoms with E-state index in [1.54, 1.807) is 24.3 Å². The molecule has 0 saturated heterocycles. The first-order valence-corrected chi connectivity index (χ1v) is 6.18. The van der Waals surface area contributed by atoms with Crippen LogP contribution in [-0.4, -0.2) is 20.7 Å². The highest BCUT2D eigenvalue weighted by molar-refractivity contribution is 5.94. The van der Waals surface area contributed by atoms with Gasteiger partial charge in [-0.15, -0.1) is 0 Å². The largest absolute Gasteiger partial charge is 0.434 e. The van der Waals surface area contributed by atoms with Gasteiger partial charge in [0.05, 0.1) is 23.0 Å². The van der Waals surface area contributed by atoms with Gasteiger partial charge >= 0.3 is 6.18 Å². The van der Waals surface area contributed by atoms with Gasteiger partial charge in [-0.1, -0.05) is 6.07 Å². The van der Waals surface area contributed by atoms with Gasteiger partial charge in [0.15, 0.2) is 5.69 Å². The van der Waals surface area contributed by atoms with Crippen LogP contribution in [0.4, 0.5) is 13.2 Å². The van der Waals surface area contributed by atoms with Gasteiger partial charge < -0.3 is 5.73 Å². The lowest BCUT2D eigenvalue weighted by atomic mass is 10.1. The molecule has 0 aliphatic rings. The summed E-state index contributed by atoms with van der Waals surface area (Å²) in [6, 6.07) is 7.94. The summed E-state index contributed by atoms with van der Waals surface area (Å²) in [6.07, 6.45) is -2.42. The maximum absolute atomic E-state index is 13.3. The summed E-state index contributed by atoms with van der Waals surface area (Å²) in [5.41, 5.74) is 3.83. The molecule has 8 heteroatoms. The van der Waals surface area contributed by atoms with Crippen molar-refractivity contribution in [3.05, 3.63) is 54.0 Å². The van der Waals surface area contributed by atoms with Crippen LogP contribution in [0, 0.1) is 0 Å². The van der Waals surface area contributed by atoms with Crippen LogP contribution in [0.5, 0.6) is 0 Å². The molecular weight excluding hydrogens is 297 g/mol. The van der Waals surface area contributed by atoms with Crippen LogP contribution in [0.1, 0.15) is 16.1 Å². The topological polar surface area (TPSA) is 73.8 Å². The number of primary amides is 1. The number of fused-ring (bicyclic) bond motifs is 1. The van der Waals surface area contributed by atoms with Crippen molar-refractivity contribution in [2.75, 3.05) is 0 Å². The van der Waals surface area contributed by atoms with Crippen molar-refractivity contribution >= 4 is 16.8 Å². The van der Waals surface area contributed by atoms with Crippen molar-refractivity contribution in [2.24, 2.45) is 5.73 Å². The molecule has 1 amide bonds. The minimum atomic E-state index is -4.77. The van der Waals surface area contributed by atoms with Crippen LogP contribution >= 0.6 is 0 Å². The molecule has 0 aliphatic heterocycles. The van der Waals surface area contributed by atoms with E-state index < -0.39 is 23.3 Å². The fraction of sp³-hybridized carbons (Fsp3) is 0.0714. The zero-order chi connectivity index (χ0) is 15.9. The number of aromatic nitrogens is 3. The smallest absolute Gasteiger partial charge is 0.365 e. The van der Waals surface area contributed by atoms with Crippen LogP contribution < -0.4 is 5.73 Å². The molecule has 0 fully saturated rings. The number of hydrogen-bond acceptors (Lipinski definition) is 3. The Balaban J connectivity index is 2.35. The number of benzene rings is 1. The first-order chi connectivity index (χ1) is 10.4. The van der Waals surface area contributed by atoms with Gasteiger partial charge in [0, 0.05) is 11.6 Å². The second-order valence-corrected chi connectivity index (χ2v) is 4.53. The number of halogens is 3. The van der Waals surface area contributed by atoms with Crippen LogP contribution in [0.25, 0.3) is 16.6 Å². The molecule has 0 spiro atoms. The minimum Gasteiger partial charge on any atom is -0.365 e. The number of carbonyl (C=O) groups is 1. The Labute approximate surface area is 122 Å². The lowest BCUT2D eigenvalue weighted by Gasteiger charge is -2.13. The van der Waals surface area contributed by atoms with Gasteiger partial charge in [-0.2, -0.15) is 18.3 Å². The third-order valence-electron chi connectivity index (χ3n) is 3.15. The maximum Gasteiger partial charge on any atom is 0.434 e. The van der Waals surface area contributed by atoms with Gasteiger partial charge in [-0.05, 0) is 24.3 Å². The Morgan fingerprint density at radius 1 is 1.18 bits per heavy atom. The van der Waals surface area contributed by atoms with E-state index in [9.17, 15) is 18.0 Å². The molecule has 2 N–H and O–H groups in total. The van der Waals surface area contributed by atoms with Crippen LogP contribution in [0.3, 0.4) is 0 Å². The van der Waals surface area contributed by atoms with Crippen LogP contribution in [0.2, 0.25) is 0 Å². The zero-order valence-electron chi connectivity index (χ0n) is 11.0. The molecule has 0 bridgehead atoms. The van der Waals surface area contributed by atoms with Crippen molar-refractivity contribution in [1.29, 1.82) is 0 Å². The molecule has 3 rings (SSSR count). The normalized spacial score (nSPS) is 11.8. The molecule has 5 nitrogen and oxygen atoms in total. The fourth-order valence-corrected chi connectivity index (χ4v) is 2.26. The Bertz CT molecular complexity index is 865. The number of nitrogens with two attached hydrogens (primary N) is 1. The number of hydrogen-bond donors (Lipinski definition) is 1. The number of alkyl halides is 3. The Morgan fingerprint density at radius 2 is 1.95 bits per heavy atom. The van der Waals surface area contributed by atoms with Crippen molar-refractivity contribution in [3.63, 3.8) is 0 Å².